The lowest BCUT2D eigenvalue weighted by atomic mass is 9.96. The number of imidazole rings is 1. The molecule has 1 unspecified atom stereocenters. The van der Waals surface area contributed by atoms with E-state index in [9.17, 15) is 9.59 Å². The molecule has 2 amide bonds. The van der Waals surface area contributed by atoms with Crippen molar-refractivity contribution in [2.75, 3.05) is 0 Å². The van der Waals surface area contributed by atoms with Crippen molar-refractivity contribution in [1.29, 1.82) is 0 Å². The van der Waals surface area contributed by atoms with Crippen molar-refractivity contribution in [3.8, 4) is 0 Å². The summed E-state index contributed by atoms with van der Waals surface area (Å²) in [5.41, 5.74) is 2.57. The lowest BCUT2D eigenvalue weighted by Gasteiger charge is -2.39. The van der Waals surface area contributed by atoms with Crippen molar-refractivity contribution < 1.29 is 9.59 Å². The fraction of sp³-hybridized carbons (Fsp3) is 0.391. The molecule has 0 radical (unpaired) electrons. The van der Waals surface area contributed by atoms with Gasteiger partial charge < -0.3 is 15.2 Å². The number of aryl methyl sites for hydroxylation is 1. The van der Waals surface area contributed by atoms with Gasteiger partial charge in [-0.05, 0) is 49.9 Å². The highest BCUT2D eigenvalue weighted by atomic mass is 16.2. The number of nitrogens with zero attached hydrogens (tertiary/aromatic N) is 3. The molecule has 2 aliphatic rings. The van der Waals surface area contributed by atoms with Crippen LogP contribution in [0.2, 0.25) is 0 Å². The Morgan fingerprint density at radius 2 is 1.80 bits per heavy atom. The maximum Gasteiger partial charge on any atom is 0.251 e. The van der Waals surface area contributed by atoms with Gasteiger partial charge in [0.1, 0.15) is 5.82 Å². The number of aromatic nitrogens is 3. The van der Waals surface area contributed by atoms with Crippen molar-refractivity contribution in [2.24, 2.45) is 0 Å². The maximum absolute atomic E-state index is 13.0. The number of aromatic amines is 1. The van der Waals surface area contributed by atoms with E-state index in [1.807, 2.05) is 24.3 Å². The van der Waals surface area contributed by atoms with E-state index in [0.29, 0.717) is 18.4 Å². The number of piperidine rings is 1. The van der Waals surface area contributed by atoms with Gasteiger partial charge in [-0.25, -0.2) is 4.98 Å². The van der Waals surface area contributed by atoms with E-state index in [1.54, 1.807) is 24.5 Å². The summed E-state index contributed by atoms with van der Waals surface area (Å²) in [7, 11) is 0. The molecule has 7 nitrogen and oxygen atoms in total. The van der Waals surface area contributed by atoms with Gasteiger partial charge in [0, 0.05) is 48.9 Å². The minimum Gasteiger partial charge on any atom is -0.349 e. The van der Waals surface area contributed by atoms with Gasteiger partial charge in [0.05, 0.1) is 11.0 Å². The average molecular weight is 403 g/mol. The van der Waals surface area contributed by atoms with E-state index < -0.39 is 0 Å². The van der Waals surface area contributed by atoms with Crippen LogP contribution in [0.3, 0.4) is 0 Å². The molecule has 3 atom stereocenters. The van der Waals surface area contributed by atoms with Crippen LogP contribution in [0, 0.1) is 0 Å². The zero-order valence-electron chi connectivity index (χ0n) is 16.8. The smallest absolute Gasteiger partial charge is 0.251 e. The van der Waals surface area contributed by atoms with Crippen LogP contribution in [0.15, 0.2) is 48.8 Å². The second kappa shape index (κ2) is 7.89. The molecule has 3 aromatic rings. The van der Waals surface area contributed by atoms with E-state index >= 15 is 0 Å². The van der Waals surface area contributed by atoms with Gasteiger partial charge in [-0.3, -0.25) is 14.6 Å². The predicted octanol–water partition coefficient (Wildman–Crippen LogP) is 2.84. The molecule has 2 fully saturated rings. The first kappa shape index (κ1) is 18.8. The fourth-order valence-corrected chi connectivity index (χ4v) is 4.95. The Kier molecular flexibility index (Phi) is 4.94. The monoisotopic (exact) mass is 403 g/mol. The molecule has 1 aromatic carbocycles. The predicted molar refractivity (Wildman–Crippen MR) is 113 cm³/mol. The lowest BCUT2D eigenvalue weighted by molar-refractivity contribution is -0.135. The van der Waals surface area contributed by atoms with Gasteiger partial charge in [0.25, 0.3) is 5.91 Å². The highest BCUT2D eigenvalue weighted by molar-refractivity contribution is 5.94. The number of hydrogen-bond donors (Lipinski definition) is 2. The van der Waals surface area contributed by atoms with Gasteiger partial charge >= 0.3 is 0 Å². The average Bonchev–Trinajstić information content (AvgIpc) is 3.30. The van der Waals surface area contributed by atoms with Crippen molar-refractivity contribution in [3.63, 3.8) is 0 Å². The number of rotatable bonds is 5. The fourth-order valence-electron chi connectivity index (χ4n) is 4.95. The van der Waals surface area contributed by atoms with Crippen LogP contribution in [0.1, 0.15) is 48.3 Å². The molecule has 7 heteroatoms. The molecule has 0 spiro atoms. The van der Waals surface area contributed by atoms with Gasteiger partial charge in [-0.1, -0.05) is 12.1 Å². The third-order valence-electron chi connectivity index (χ3n) is 6.31. The van der Waals surface area contributed by atoms with Crippen LogP contribution in [-0.4, -0.2) is 49.8 Å². The summed E-state index contributed by atoms with van der Waals surface area (Å²) in [6, 6.07) is 11.9. The molecule has 4 heterocycles. The molecule has 30 heavy (non-hydrogen) atoms. The Bertz CT molecular complexity index is 1020. The van der Waals surface area contributed by atoms with Crippen LogP contribution < -0.4 is 5.32 Å². The van der Waals surface area contributed by atoms with Crippen LogP contribution in [0.25, 0.3) is 11.0 Å². The number of nitrogens with one attached hydrogen (secondary N) is 2. The number of carbonyl (C=O) groups is 2. The van der Waals surface area contributed by atoms with E-state index in [4.69, 9.17) is 0 Å². The number of amides is 2. The summed E-state index contributed by atoms with van der Waals surface area (Å²) >= 11 is 0. The highest BCUT2D eigenvalue weighted by Gasteiger charge is 2.43. The number of H-pyrrole nitrogens is 1. The topological polar surface area (TPSA) is 91.0 Å². The van der Waals surface area contributed by atoms with E-state index in [2.05, 4.69) is 25.2 Å². The Labute approximate surface area is 174 Å². The number of hydrogen-bond acceptors (Lipinski definition) is 4. The summed E-state index contributed by atoms with van der Waals surface area (Å²) < 4.78 is 0. The molecular weight excluding hydrogens is 378 g/mol. The number of fused-ring (bicyclic) bond motifs is 3. The first-order chi connectivity index (χ1) is 14.7. The first-order valence-electron chi connectivity index (χ1n) is 10.6. The zero-order chi connectivity index (χ0) is 20.5. The van der Waals surface area contributed by atoms with Crippen LogP contribution in [0.4, 0.5) is 0 Å². The standard InChI is InChI=1S/C23H25N5O2/c29-22(8-7-21-26-19-3-1-2-4-20(19)27-21)28-17-5-6-18(28)14-16(13-17)25-23(30)15-9-11-24-12-10-15/h1-4,9-12,16-18H,5-8,13-14H2,(H,25,30)(H,26,27)/t16?,17-,18+. The SMILES string of the molecule is O=C(NC1C[C@H]2CC[C@@H](C1)N2C(=O)CCc1nc2ccccc2[nH]1)c1ccncc1. The Balaban J connectivity index is 1.18. The largest absolute Gasteiger partial charge is 0.349 e. The summed E-state index contributed by atoms with van der Waals surface area (Å²) in [6.45, 7) is 0. The van der Waals surface area contributed by atoms with Gasteiger partial charge in [0.15, 0.2) is 0 Å². The van der Waals surface area contributed by atoms with Crippen LogP contribution >= 0.6 is 0 Å². The Morgan fingerprint density at radius 3 is 2.53 bits per heavy atom. The molecule has 0 saturated carbocycles. The van der Waals surface area contributed by atoms with E-state index in [0.717, 1.165) is 42.5 Å². The zero-order valence-corrected chi connectivity index (χ0v) is 16.8. The minimum atomic E-state index is -0.0635. The highest BCUT2D eigenvalue weighted by Crippen LogP contribution is 2.36. The number of pyridine rings is 1. The van der Waals surface area contributed by atoms with E-state index in [1.165, 1.54) is 0 Å². The summed E-state index contributed by atoms with van der Waals surface area (Å²) in [5, 5.41) is 3.15. The first-order valence-corrected chi connectivity index (χ1v) is 10.6. The van der Waals surface area contributed by atoms with Gasteiger partial charge in [-0.2, -0.15) is 0 Å². The molecule has 0 aliphatic carbocycles. The third-order valence-corrected chi connectivity index (χ3v) is 6.31. The second-order valence-corrected chi connectivity index (χ2v) is 8.26. The third kappa shape index (κ3) is 3.67. The molecule has 2 N–H and O–H groups in total. The summed E-state index contributed by atoms with van der Waals surface area (Å²) in [6.07, 6.45) is 8.01. The molecule has 154 valence electrons. The van der Waals surface area contributed by atoms with Crippen molar-refractivity contribution in [1.82, 2.24) is 25.2 Å². The minimum absolute atomic E-state index is 0.0635. The van der Waals surface area contributed by atoms with Crippen molar-refractivity contribution in [3.05, 3.63) is 60.2 Å². The summed E-state index contributed by atoms with van der Waals surface area (Å²) in [4.78, 5) is 39.4. The van der Waals surface area contributed by atoms with Crippen LogP contribution in [0.5, 0.6) is 0 Å². The van der Waals surface area contributed by atoms with Crippen molar-refractivity contribution >= 4 is 22.8 Å². The normalized spacial score (nSPS) is 22.9. The lowest BCUT2D eigenvalue weighted by Crippen LogP contribution is -2.52. The van der Waals surface area contributed by atoms with Crippen LogP contribution in [-0.2, 0) is 11.2 Å². The molecule has 2 aromatic heterocycles. The van der Waals surface area contributed by atoms with Gasteiger partial charge in [-0.15, -0.1) is 0 Å². The molecule has 2 bridgehead atoms. The Morgan fingerprint density at radius 1 is 1.07 bits per heavy atom. The quantitative estimate of drug-likeness (QED) is 0.685. The number of carbonyl (C=O) groups excluding carboxylic acids is 2. The molecular formula is C23H25N5O2. The molecule has 5 rings (SSSR count). The van der Waals surface area contributed by atoms with Crippen molar-refractivity contribution in [2.45, 2.75) is 56.7 Å². The van der Waals surface area contributed by atoms with Gasteiger partial charge in [0.2, 0.25) is 5.91 Å². The number of para-hydroxylation sites is 2. The maximum atomic E-state index is 13.0. The van der Waals surface area contributed by atoms with E-state index in [-0.39, 0.29) is 29.9 Å². The molecule has 2 saturated heterocycles. The number of benzene rings is 1. The Hall–Kier alpha value is -3.22. The summed E-state index contributed by atoms with van der Waals surface area (Å²) in [5.74, 6) is 0.990. The molecule has 2 aliphatic heterocycles. The second-order valence-electron chi connectivity index (χ2n) is 8.26.